The van der Waals surface area contributed by atoms with E-state index in [1.165, 1.54) is 18.4 Å². The highest BCUT2D eigenvalue weighted by atomic mass is 16.5. The molecule has 0 aromatic carbocycles. The standard InChI is InChI=1S/C16H28N2O2/c1-4-13(2)18(8-10-19-3)12-16-14(7-9-20-16)11-17-15-5-6-15/h7,9,13,15,17H,4-6,8,10-12H2,1-3H3. The third-order valence-corrected chi connectivity index (χ3v) is 4.14. The molecule has 1 aromatic rings. The van der Waals surface area contributed by atoms with Gasteiger partial charge in [-0.05, 0) is 32.3 Å². The van der Waals surface area contributed by atoms with E-state index in [0.29, 0.717) is 6.04 Å². The van der Waals surface area contributed by atoms with Crippen LogP contribution in [0.2, 0.25) is 0 Å². The molecule has 1 aliphatic rings. The largest absolute Gasteiger partial charge is 0.468 e. The van der Waals surface area contributed by atoms with Gasteiger partial charge in [0.05, 0.1) is 19.4 Å². The van der Waals surface area contributed by atoms with E-state index in [4.69, 9.17) is 9.15 Å². The van der Waals surface area contributed by atoms with Crippen molar-refractivity contribution in [1.29, 1.82) is 0 Å². The second-order valence-corrected chi connectivity index (χ2v) is 5.74. The molecule has 0 saturated heterocycles. The van der Waals surface area contributed by atoms with Gasteiger partial charge in [-0.15, -0.1) is 0 Å². The molecular weight excluding hydrogens is 252 g/mol. The van der Waals surface area contributed by atoms with E-state index in [1.807, 2.05) is 6.26 Å². The minimum Gasteiger partial charge on any atom is -0.468 e. The number of ether oxygens (including phenoxy) is 1. The van der Waals surface area contributed by atoms with Crippen molar-refractivity contribution in [3.05, 3.63) is 23.7 Å². The summed E-state index contributed by atoms with van der Waals surface area (Å²) in [6, 6.07) is 3.37. The Kier molecular flexibility index (Phi) is 6.07. The van der Waals surface area contributed by atoms with Gasteiger partial charge >= 0.3 is 0 Å². The van der Waals surface area contributed by atoms with Crippen molar-refractivity contribution >= 4 is 0 Å². The first kappa shape index (κ1) is 15.5. The van der Waals surface area contributed by atoms with E-state index in [-0.39, 0.29) is 0 Å². The number of hydrogen-bond donors (Lipinski definition) is 1. The first-order valence-corrected chi connectivity index (χ1v) is 7.76. The van der Waals surface area contributed by atoms with Gasteiger partial charge in [0.2, 0.25) is 0 Å². The first-order valence-electron chi connectivity index (χ1n) is 7.76. The Morgan fingerprint density at radius 3 is 2.95 bits per heavy atom. The molecule has 0 bridgehead atoms. The molecule has 20 heavy (non-hydrogen) atoms. The van der Waals surface area contributed by atoms with E-state index >= 15 is 0 Å². The fraction of sp³-hybridized carbons (Fsp3) is 0.750. The van der Waals surface area contributed by atoms with Crippen LogP contribution in [0.15, 0.2) is 16.7 Å². The van der Waals surface area contributed by atoms with Crippen LogP contribution >= 0.6 is 0 Å². The van der Waals surface area contributed by atoms with Crippen molar-refractivity contribution in [2.75, 3.05) is 20.3 Å². The fourth-order valence-corrected chi connectivity index (χ4v) is 2.31. The molecule has 1 aliphatic carbocycles. The first-order chi connectivity index (χ1) is 9.74. The van der Waals surface area contributed by atoms with E-state index in [1.54, 1.807) is 7.11 Å². The summed E-state index contributed by atoms with van der Waals surface area (Å²) in [6.45, 7) is 7.99. The molecule has 0 spiro atoms. The zero-order valence-corrected chi connectivity index (χ0v) is 13.0. The molecule has 0 amide bonds. The average molecular weight is 280 g/mol. The highest BCUT2D eigenvalue weighted by Crippen LogP contribution is 2.21. The molecule has 2 rings (SSSR count). The van der Waals surface area contributed by atoms with Gasteiger partial charge in [-0.1, -0.05) is 6.92 Å². The summed E-state index contributed by atoms with van der Waals surface area (Å²) >= 11 is 0. The highest BCUT2D eigenvalue weighted by molar-refractivity contribution is 5.17. The van der Waals surface area contributed by atoms with Crippen LogP contribution < -0.4 is 5.32 Å². The second-order valence-electron chi connectivity index (χ2n) is 5.74. The lowest BCUT2D eigenvalue weighted by atomic mass is 10.2. The van der Waals surface area contributed by atoms with Gasteiger partial charge in [-0.25, -0.2) is 0 Å². The molecule has 0 radical (unpaired) electrons. The van der Waals surface area contributed by atoms with Crippen molar-refractivity contribution < 1.29 is 9.15 Å². The Morgan fingerprint density at radius 1 is 1.50 bits per heavy atom. The monoisotopic (exact) mass is 280 g/mol. The van der Waals surface area contributed by atoms with Gasteiger partial charge in [0, 0.05) is 37.8 Å². The number of hydrogen-bond acceptors (Lipinski definition) is 4. The molecule has 1 saturated carbocycles. The molecule has 1 unspecified atom stereocenters. The van der Waals surface area contributed by atoms with E-state index < -0.39 is 0 Å². The molecule has 1 atom stereocenters. The van der Waals surface area contributed by atoms with Crippen molar-refractivity contribution in [3.8, 4) is 0 Å². The van der Waals surface area contributed by atoms with E-state index in [2.05, 4.69) is 30.1 Å². The van der Waals surface area contributed by atoms with Crippen LogP contribution in [-0.4, -0.2) is 37.2 Å². The lowest BCUT2D eigenvalue weighted by Gasteiger charge is -2.27. The summed E-state index contributed by atoms with van der Waals surface area (Å²) in [5.74, 6) is 1.09. The molecule has 4 nitrogen and oxygen atoms in total. The summed E-state index contributed by atoms with van der Waals surface area (Å²) in [5, 5.41) is 3.56. The van der Waals surface area contributed by atoms with Gasteiger partial charge in [0.25, 0.3) is 0 Å². The maximum atomic E-state index is 5.70. The molecule has 1 heterocycles. The zero-order chi connectivity index (χ0) is 14.4. The number of nitrogens with zero attached hydrogens (tertiary/aromatic N) is 1. The van der Waals surface area contributed by atoms with Crippen LogP contribution in [0.4, 0.5) is 0 Å². The topological polar surface area (TPSA) is 37.6 Å². The Bertz CT molecular complexity index is 388. The predicted octanol–water partition coefficient (Wildman–Crippen LogP) is 2.78. The maximum Gasteiger partial charge on any atom is 0.122 e. The van der Waals surface area contributed by atoms with Crippen LogP contribution in [0, 0.1) is 0 Å². The lowest BCUT2D eigenvalue weighted by Crippen LogP contribution is -2.35. The van der Waals surface area contributed by atoms with Crippen LogP contribution in [0.25, 0.3) is 0 Å². The zero-order valence-electron chi connectivity index (χ0n) is 13.0. The van der Waals surface area contributed by atoms with Crippen LogP contribution in [0.1, 0.15) is 44.4 Å². The summed E-state index contributed by atoms with van der Waals surface area (Å²) < 4.78 is 10.9. The third kappa shape index (κ3) is 4.62. The molecule has 4 heteroatoms. The van der Waals surface area contributed by atoms with Crippen molar-refractivity contribution in [3.63, 3.8) is 0 Å². The van der Waals surface area contributed by atoms with Gasteiger partial charge in [0.1, 0.15) is 5.76 Å². The molecule has 1 aromatic heterocycles. The number of methoxy groups -OCH3 is 1. The van der Waals surface area contributed by atoms with Crippen LogP contribution in [0.3, 0.4) is 0 Å². The molecule has 114 valence electrons. The predicted molar refractivity (Wildman–Crippen MR) is 80.6 cm³/mol. The molecular formula is C16H28N2O2. The normalized spacial score (nSPS) is 16.8. The molecule has 0 aliphatic heterocycles. The van der Waals surface area contributed by atoms with E-state index in [9.17, 15) is 0 Å². The summed E-state index contributed by atoms with van der Waals surface area (Å²) in [7, 11) is 1.76. The number of rotatable bonds is 10. The Hall–Kier alpha value is -0.840. The lowest BCUT2D eigenvalue weighted by molar-refractivity contribution is 0.112. The Morgan fingerprint density at radius 2 is 2.30 bits per heavy atom. The van der Waals surface area contributed by atoms with E-state index in [0.717, 1.165) is 44.5 Å². The third-order valence-electron chi connectivity index (χ3n) is 4.14. The minimum atomic E-state index is 0.541. The Labute approximate surface area is 122 Å². The highest BCUT2D eigenvalue weighted by Gasteiger charge is 2.22. The molecule has 1 fully saturated rings. The quantitative estimate of drug-likeness (QED) is 0.715. The number of nitrogens with one attached hydrogen (secondary N) is 1. The Balaban J connectivity index is 1.92. The summed E-state index contributed by atoms with van der Waals surface area (Å²) in [4.78, 5) is 2.43. The van der Waals surface area contributed by atoms with Crippen molar-refractivity contribution in [2.24, 2.45) is 0 Å². The average Bonchev–Trinajstić information content (AvgIpc) is 3.19. The minimum absolute atomic E-state index is 0.541. The number of furan rings is 1. The van der Waals surface area contributed by atoms with Crippen LogP contribution in [-0.2, 0) is 17.8 Å². The fourth-order valence-electron chi connectivity index (χ4n) is 2.31. The smallest absolute Gasteiger partial charge is 0.122 e. The van der Waals surface area contributed by atoms with Gasteiger partial charge < -0.3 is 14.5 Å². The SMILES string of the molecule is CCC(C)N(CCOC)Cc1occc1CNC1CC1. The van der Waals surface area contributed by atoms with Crippen molar-refractivity contribution in [2.45, 2.75) is 58.3 Å². The van der Waals surface area contributed by atoms with Crippen molar-refractivity contribution in [1.82, 2.24) is 10.2 Å². The summed E-state index contributed by atoms with van der Waals surface area (Å²) in [5.41, 5.74) is 1.29. The van der Waals surface area contributed by atoms with Crippen LogP contribution in [0.5, 0.6) is 0 Å². The summed E-state index contributed by atoms with van der Waals surface area (Å²) in [6.07, 6.45) is 5.59. The van der Waals surface area contributed by atoms with Gasteiger partial charge in [-0.2, -0.15) is 0 Å². The van der Waals surface area contributed by atoms with Gasteiger partial charge in [0.15, 0.2) is 0 Å². The molecule has 1 N–H and O–H groups in total. The van der Waals surface area contributed by atoms with Gasteiger partial charge in [-0.3, -0.25) is 4.90 Å². The second kappa shape index (κ2) is 7.81. The maximum absolute atomic E-state index is 5.70.